The van der Waals surface area contributed by atoms with Crippen molar-refractivity contribution in [1.82, 2.24) is 5.06 Å². The Morgan fingerprint density at radius 1 is 1.11 bits per heavy atom. The van der Waals surface area contributed by atoms with E-state index >= 15 is 0 Å². The van der Waals surface area contributed by atoms with Gasteiger partial charge in [-0.2, -0.15) is 0 Å². The molecule has 0 aliphatic carbocycles. The Morgan fingerprint density at radius 3 is 1.95 bits per heavy atom. The number of imide groups is 1. The first-order chi connectivity index (χ1) is 8.92. The lowest BCUT2D eigenvalue weighted by molar-refractivity contribution is -0.177. The van der Waals surface area contributed by atoms with Crippen LogP contribution in [0.1, 0.15) is 12.8 Å². The number of aliphatic hydroxyl groups is 2. The molecule has 10 heteroatoms. The maximum Gasteiger partial charge on any atom is 0.534 e. The number of ether oxygens (including phenoxy) is 1. The molecule has 0 atom stereocenters. The number of hydrogen-bond donors (Lipinski definition) is 3. The maximum absolute atomic E-state index is 10.9. The summed E-state index contributed by atoms with van der Waals surface area (Å²) in [6, 6.07) is 0. The van der Waals surface area contributed by atoms with Gasteiger partial charge in [0, 0.05) is 12.8 Å². The lowest BCUT2D eigenvalue weighted by Crippen LogP contribution is -2.32. The first-order valence-electron chi connectivity index (χ1n) is 5.06. The van der Waals surface area contributed by atoms with Gasteiger partial charge in [-0.1, -0.05) is 5.06 Å². The van der Waals surface area contributed by atoms with E-state index in [1.54, 1.807) is 0 Å². The molecule has 108 valence electrons. The molecule has 19 heavy (non-hydrogen) atoms. The third-order valence-electron chi connectivity index (χ3n) is 1.59. The number of hydrogen-bond acceptors (Lipinski definition) is 8. The second-order valence-electron chi connectivity index (χ2n) is 3.05. The van der Waals surface area contributed by atoms with E-state index in [4.69, 9.17) is 15.3 Å². The summed E-state index contributed by atoms with van der Waals surface area (Å²) in [5.74, 6) is -2.69. The summed E-state index contributed by atoms with van der Waals surface area (Å²) in [4.78, 5) is 46.8. The van der Waals surface area contributed by atoms with E-state index in [1.807, 2.05) is 0 Å². The first kappa shape index (κ1) is 16.8. The Labute approximate surface area is 107 Å². The van der Waals surface area contributed by atoms with Crippen LogP contribution in [0.15, 0.2) is 0 Å². The summed E-state index contributed by atoms with van der Waals surface area (Å²) in [5.41, 5.74) is 0. The standard InChI is InChI=1S/C7H7NO7.C2H6O2/c9-4-1-2-5(10)8(4)15-7(13)14-3-6(11)12;3-1-2-4/h1-3H2,(H,11,12);3-4H,1-2H2. The predicted octanol–water partition coefficient (Wildman–Crippen LogP) is -1.74. The van der Waals surface area contributed by atoms with Crippen LogP contribution >= 0.6 is 0 Å². The number of carboxylic acid groups (broad SMARTS) is 1. The van der Waals surface area contributed by atoms with Gasteiger partial charge in [0.2, 0.25) is 0 Å². The maximum atomic E-state index is 10.9. The van der Waals surface area contributed by atoms with E-state index in [0.29, 0.717) is 0 Å². The first-order valence-corrected chi connectivity index (χ1v) is 5.06. The summed E-state index contributed by atoms with van der Waals surface area (Å²) in [6.45, 7) is -1.14. The number of carbonyl (C=O) groups is 4. The number of amides is 2. The molecular weight excluding hydrogens is 266 g/mol. The number of carboxylic acids is 1. The summed E-state index contributed by atoms with van der Waals surface area (Å²) in [5, 5.41) is 23.7. The van der Waals surface area contributed by atoms with Crippen LogP contribution in [0.25, 0.3) is 0 Å². The van der Waals surface area contributed by atoms with Crippen molar-refractivity contribution in [2.45, 2.75) is 12.8 Å². The zero-order valence-electron chi connectivity index (χ0n) is 9.77. The molecule has 0 radical (unpaired) electrons. The molecule has 0 aromatic heterocycles. The molecule has 0 bridgehead atoms. The van der Waals surface area contributed by atoms with Crippen molar-refractivity contribution in [3.8, 4) is 0 Å². The van der Waals surface area contributed by atoms with E-state index in [2.05, 4.69) is 9.57 Å². The van der Waals surface area contributed by atoms with Gasteiger partial charge >= 0.3 is 12.1 Å². The molecule has 1 aliphatic rings. The molecule has 0 aromatic rings. The van der Waals surface area contributed by atoms with Crippen LogP contribution in [-0.4, -0.2) is 64.1 Å². The zero-order chi connectivity index (χ0) is 14.8. The number of rotatable bonds is 4. The van der Waals surface area contributed by atoms with Gasteiger partial charge in [0.05, 0.1) is 13.2 Å². The van der Waals surface area contributed by atoms with Gasteiger partial charge in [-0.25, -0.2) is 9.59 Å². The predicted molar refractivity (Wildman–Crippen MR) is 55.3 cm³/mol. The minimum atomic E-state index is -1.40. The Kier molecular flexibility index (Phi) is 7.81. The highest BCUT2D eigenvalue weighted by Gasteiger charge is 2.33. The number of nitrogens with zero attached hydrogens (tertiary/aromatic N) is 1. The smallest absolute Gasteiger partial charge is 0.479 e. The zero-order valence-corrected chi connectivity index (χ0v) is 9.77. The summed E-state index contributed by atoms with van der Waals surface area (Å²) in [6.07, 6.45) is -1.48. The second kappa shape index (κ2) is 8.83. The molecule has 3 N–H and O–H groups in total. The van der Waals surface area contributed by atoms with Crippen molar-refractivity contribution in [3.05, 3.63) is 0 Å². The van der Waals surface area contributed by atoms with E-state index in [9.17, 15) is 19.2 Å². The monoisotopic (exact) mass is 279 g/mol. The van der Waals surface area contributed by atoms with Crippen molar-refractivity contribution in [2.75, 3.05) is 19.8 Å². The Morgan fingerprint density at radius 2 is 1.58 bits per heavy atom. The molecule has 0 saturated carbocycles. The lowest BCUT2D eigenvalue weighted by Gasteiger charge is -2.11. The van der Waals surface area contributed by atoms with Gasteiger partial charge < -0.3 is 20.1 Å². The van der Waals surface area contributed by atoms with E-state index in [1.165, 1.54) is 0 Å². The van der Waals surface area contributed by atoms with E-state index in [0.717, 1.165) is 0 Å². The largest absolute Gasteiger partial charge is 0.534 e. The number of aliphatic carboxylic acids is 1. The average Bonchev–Trinajstić information content (AvgIpc) is 2.68. The van der Waals surface area contributed by atoms with Crippen molar-refractivity contribution < 1.29 is 44.1 Å². The van der Waals surface area contributed by atoms with Gasteiger partial charge in [0.1, 0.15) is 0 Å². The van der Waals surface area contributed by atoms with Gasteiger partial charge in [0.25, 0.3) is 11.8 Å². The molecule has 0 unspecified atom stereocenters. The highest BCUT2D eigenvalue weighted by atomic mass is 16.8. The quantitative estimate of drug-likeness (QED) is 0.402. The summed E-state index contributed by atoms with van der Waals surface area (Å²) in [7, 11) is 0. The fourth-order valence-corrected chi connectivity index (χ4v) is 0.879. The van der Waals surface area contributed by atoms with Gasteiger partial charge in [-0.15, -0.1) is 0 Å². The van der Waals surface area contributed by atoms with Crippen molar-refractivity contribution in [2.24, 2.45) is 0 Å². The normalized spacial score (nSPS) is 13.7. The van der Waals surface area contributed by atoms with Crippen LogP contribution in [0.2, 0.25) is 0 Å². The van der Waals surface area contributed by atoms with Gasteiger partial charge in [-0.3, -0.25) is 14.4 Å². The molecule has 0 aromatic carbocycles. The van der Waals surface area contributed by atoms with E-state index in [-0.39, 0.29) is 31.1 Å². The third-order valence-corrected chi connectivity index (χ3v) is 1.59. The van der Waals surface area contributed by atoms with Crippen molar-refractivity contribution in [3.63, 3.8) is 0 Å². The van der Waals surface area contributed by atoms with Crippen LogP contribution in [0, 0.1) is 0 Å². The molecule has 2 amide bonds. The fourth-order valence-electron chi connectivity index (χ4n) is 0.879. The fraction of sp³-hybridized carbons (Fsp3) is 0.556. The molecule has 1 saturated heterocycles. The average molecular weight is 279 g/mol. The number of hydroxylamine groups is 2. The van der Waals surface area contributed by atoms with Crippen LogP contribution < -0.4 is 0 Å². The SMILES string of the molecule is O=C(O)COC(=O)ON1C(=O)CCC1=O.OCCO. The van der Waals surface area contributed by atoms with Crippen LogP contribution in [0.3, 0.4) is 0 Å². The summed E-state index contributed by atoms with van der Waals surface area (Å²) >= 11 is 0. The molecule has 10 nitrogen and oxygen atoms in total. The van der Waals surface area contributed by atoms with Crippen molar-refractivity contribution in [1.29, 1.82) is 0 Å². The molecule has 0 spiro atoms. The highest BCUT2D eigenvalue weighted by Crippen LogP contribution is 2.12. The number of aliphatic hydroxyl groups excluding tert-OH is 2. The van der Waals surface area contributed by atoms with Gasteiger partial charge in [0.15, 0.2) is 6.61 Å². The van der Waals surface area contributed by atoms with Crippen molar-refractivity contribution >= 4 is 23.9 Å². The summed E-state index contributed by atoms with van der Waals surface area (Å²) < 4.78 is 4.06. The minimum Gasteiger partial charge on any atom is -0.479 e. The Bertz CT molecular complexity index is 336. The van der Waals surface area contributed by atoms with Gasteiger partial charge in [-0.05, 0) is 0 Å². The third kappa shape index (κ3) is 6.95. The molecule has 1 aliphatic heterocycles. The molecule has 1 heterocycles. The van der Waals surface area contributed by atoms with Crippen LogP contribution in [0.5, 0.6) is 0 Å². The van der Waals surface area contributed by atoms with E-state index < -0.39 is 30.5 Å². The minimum absolute atomic E-state index is 0.0367. The second-order valence-corrected chi connectivity index (χ2v) is 3.05. The molecule has 1 fully saturated rings. The lowest BCUT2D eigenvalue weighted by atomic mass is 10.4. The molecular formula is C9H13NO9. The van der Waals surface area contributed by atoms with Crippen LogP contribution in [-0.2, 0) is 24.0 Å². The Hall–Kier alpha value is -2.20. The highest BCUT2D eigenvalue weighted by molar-refractivity contribution is 6.01. The number of carbonyl (C=O) groups excluding carboxylic acids is 3. The topological polar surface area (TPSA) is 151 Å². The Balaban J connectivity index is 0.000000711. The molecule has 1 rings (SSSR count). The van der Waals surface area contributed by atoms with Crippen LogP contribution in [0.4, 0.5) is 4.79 Å².